The van der Waals surface area contributed by atoms with Crippen molar-refractivity contribution in [3.8, 4) is 23.0 Å². The summed E-state index contributed by atoms with van der Waals surface area (Å²) in [5.74, 6) is 1.60. The van der Waals surface area contributed by atoms with E-state index in [0.29, 0.717) is 46.7 Å². The van der Waals surface area contributed by atoms with E-state index in [1.165, 1.54) is 13.2 Å². The van der Waals surface area contributed by atoms with E-state index >= 15 is 0 Å². The normalized spacial score (nSPS) is 13.1. The van der Waals surface area contributed by atoms with Crippen LogP contribution < -0.4 is 29.8 Å². The third-order valence-electron chi connectivity index (χ3n) is 5.46. The molecule has 1 unspecified atom stereocenters. The highest BCUT2D eigenvalue weighted by Crippen LogP contribution is 2.34. The van der Waals surface area contributed by atoms with E-state index in [-0.39, 0.29) is 25.5 Å². The Bertz CT molecular complexity index is 1220. The molecule has 0 saturated carbocycles. The van der Waals surface area contributed by atoms with Crippen molar-refractivity contribution in [3.05, 3.63) is 57.9 Å². The minimum absolute atomic E-state index is 0.0132. The fraction of sp³-hybridized carbons (Fsp3) is 0.333. The van der Waals surface area contributed by atoms with Crippen LogP contribution >= 0.6 is 0 Å². The lowest BCUT2D eigenvalue weighted by Crippen LogP contribution is -2.29. The number of benzene rings is 2. The van der Waals surface area contributed by atoms with Gasteiger partial charge < -0.3 is 34.4 Å². The first-order valence-electron chi connectivity index (χ1n) is 10.7. The third kappa shape index (κ3) is 4.88. The number of pyridine rings is 1. The van der Waals surface area contributed by atoms with Crippen LogP contribution in [-0.2, 0) is 6.54 Å². The molecule has 1 aromatic heterocycles. The van der Waals surface area contributed by atoms with Gasteiger partial charge in [-0.3, -0.25) is 9.59 Å². The maximum atomic E-state index is 12.7. The maximum absolute atomic E-state index is 12.7. The zero-order valence-corrected chi connectivity index (χ0v) is 18.5. The second kappa shape index (κ2) is 9.83. The van der Waals surface area contributed by atoms with Crippen LogP contribution in [0.5, 0.6) is 23.0 Å². The summed E-state index contributed by atoms with van der Waals surface area (Å²) >= 11 is 0. The molecular formula is C24H26N2O7. The van der Waals surface area contributed by atoms with Crippen LogP contribution in [0.2, 0.25) is 0 Å². The molecule has 9 nitrogen and oxygen atoms in total. The molecule has 2 heterocycles. The number of fused-ring (bicyclic) bond motifs is 2. The molecule has 0 saturated heterocycles. The van der Waals surface area contributed by atoms with Crippen LogP contribution in [0.4, 0.5) is 0 Å². The first-order chi connectivity index (χ1) is 16.0. The Labute approximate surface area is 190 Å². The Morgan fingerprint density at radius 1 is 1.21 bits per heavy atom. The van der Waals surface area contributed by atoms with Crippen molar-refractivity contribution in [2.45, 2.75) is 32.4 Å². The first kappa shape index (κ1) is 22.5. The van der Waals surface area contributed by atoms with Crippen molar-refractivity contribution >= 4 is 16.8 Å². The van der Waals surface area contributed by atoms with Gasteiger partial charge in [0.2, 0.25) is 6.79 Å². The van der Waals surface area contributed by atoms with E-state index < -0.39 is 17.6 Å². The number of hydrogen-bond donors (Lipinski definition) is 3. The van der Waals surface area contributed by atoms with Gasteiger partial charge in [0, 0.05) is 18.4 Å². The van der Waals surface area contributed by atoms with Crippen molar-refractivity contribution in [1.82, 2.24) is 10.3 Å². The Hall–Kier alpha value is -3.72. The van der Waals surface area contributed by atoms with E-state index in [9.17, 15) is 14.7 Å². The SMILES string of the molecule is CCC(O)CCOc1c(OC)ccc2cc(C(=O)NCc3ccc4c(c3)OCO4)c(=O)[nH]c12. The van der Waals surface area contributed by atoms with Gasteiger partial charge in [0.15, 0.2) is 23.0 Å². The second-order valence-corrected chi connectivity index (χ2v) is 7.64. The molecular weight excluding hydrogens is 428 g/mol. The lowest BCUT2D eigenvalue weighted by atomic mass is 10.1. The van der Waals surface area contributed by atoms with Crippen LogP contribution in [-0.4, -0.2) is 42.6 Å². The topological polar surface area (TPSA) is 119 Å². The quantitative estimate of drug-likeness (QED) is 0.455. The van der Waals surface area contributed by atoms with Crippen LogP contribution in [0, 0.1) is 0 Å². The van der Waals surface area contributed by atoms with Gasteiger partial charge in [-0.05, 0) is 42.3 Å². The number of carbonyl (C=O) groups is 1. The van der Waals surface area contributed by atoms with Gasteiger partial charge in [-0.2, -0.15) is 0 Å². The molecule has 1 aliphatic heterocycles. The highest BCUT2D eigenvalue weighted by molar-refractivity contribution is 5.98. The summed E-state index contributed by atoms with van der Waals surface area (Å²) in [4.78, 5) is 28.2. The van der Waals surface area contributed by atoms with Gasteiger partial charge in [0.25, 0.3) is 11.5 Å². The van der Waals surface area contributed by atoms with Crippen LogP contribution in [0.15, 0.2) is 41.2 Å². The number of ether oxygens (including phenoxy) is 4. The maximum Gasteiger partial charge on any atom is 0.261 e. The molecule has 2 aromatic carbocycles. The molecule has 0 bridgehead atoms. The number of amides is 1. The van der Waals surface area contributed by atoms with E-state index in [4.69, 9.17) is 18.9 Å². The summed E-state index contributed by atoms with van der Waals surface area (Å²) in [6.07, 6.45) is 0.600. The minimum Gasteiger partial charge on any atom is -0.493 e. The Morgan fingerprint density at radius 3 is 2.82 bits per heavy atom. The van der Waals surface area contributed by atoms with Crippen molar-refractivity contribution in [1.29, 1.82) is 0 Å². The largest absolute Gasteiger partial charge is 0.493 e. The first-order valence-corrected chi connectivity index (χ1v) is 10.7. The van der Waals surface area contributed by atoms with Gasteiger partial charge in [0.1, 0.15) is 5.56 Å². The predicted molar refractivity (Wildman–Crippen MR) is 121 cm³/mol. The van der Waals surface area contributed by atoms with Crippen LogP contribution in [0.25, 0.3) is 10.9 Å². The number of aromatic amines is 1. The fourth-order valence-corrected chi connectivity index (χ4v) is 3.53. The van der Waals surface area contributed by atoms with E-state index in [1.807, 2.05) is 13.0 Å². The minimum atomic E-state index is -0.544. The zero-order chi connectivity index (χ0) is 23.4. The lowest BCUT2D eigenvalue weighted by Gasteiger charge is -2.15. The Balaban J connectivity index is 1.54. The lowest BCUT2D eigenvalue weighted by molar-refractivity contribution is 0.0949. The van der Waals surface area contributed by atoms with E-state index in [2.05, 4.69) is 10.3 Å². The molecule has 4 rings (SSSR count). The molecule has 0 aliphatic carbocycles. The molecule has 9 heteroatoms. The summed E-state index contributed by atoms with van der Waals surface area (Å²) in [6, 6.07) is 10.4. The average Bonchev–Trinajstić information content (AvgIpc) is 3.30. The zero-order valence-electron chi connectivity index (χ0n) is 18.5. The summed E-state index contributed by atoms with van der Waals surface area (Å²) in [5, 5.41) is 13.2. The third-order valence-corrected chi connectivity index (χ3v) is 5.46. The van der Waals surface area contributed by atoms with Gasteiger partial charge in [-0.1, -0.05) is 13.0 Å². The predicted octanol–water partition coefficient (Wildman–Crippen LogP) is 2.74. The van der Waals surface area contributed by atoms with E-state index in [1.54, 1.807) is 24.3 Å². The standard InChI is InChI=1S/C24H26N2O7/c1-3-16(27)8-9-31-22-19(30-2)7-5-15-11-17(24(29)26-21(15)22)23(28)25-12-14-4-6-18-20(10-14)33-13-32-18/h4-7,10-11,16,27H,3,8-9,12-13H2,1-2H3,(H,25,28)(H,26,29). The molecule has 1 atom stereocenters. The van der Waals surface area contributed by atoms with Crippen molar-refractivity contribution in [3.63, 3.8) is 0 Å². The van der Waals surface area contributed by atoms with Gasteiger partial charge in [-0.25, -0.2) is 0 Å². The molecule has 3 N–H and O–H groups in total. The second-order valence-electron chi connectivity index (χ2n) is 7.64. The molecule has 1 amide bonds. The molecule has 0 spiro atoms. The van der Waals surface area contributed by atoms with Crippen molar-refractivity contribution in [2.75, 3.05) is 20.5 Å². The number of methoxy groups -OCH3 is 1. The van der Waals surface area contributed by atoms with E-state index in [0.717, 1.165) is 5.56 Å². The number of hydrogen-bond acceptors (Lipinski definition) is 7. The average molecular weight is 454 g/mol. The summed E-state index contributed by atoms with van der Waals surface area (Å²) in [6.45, 7) is 2.54. The van der Waals surface area contributed by atoms with Gasteiger partial charge >= 0.3 is 0 Å². The van der Waals surface area contributed by atoms with Crippen LogP contribution in [0.3, 0.4) is 0 Å². The van der Waals surface area contributed by atoms with Crippen molar-refractivity contribution < 1.29 is 28.8 Å². The van der Waals surface area contributed by atoms with Gasteiger partial charge in [-0.15, -0.1) is 0 Å². The summed E-state index contributed by atoms with van der Waals surface area (Å²) in [5.41, 5.74) is 0.690. The molecule has 3 aromatic rings. The Kier molecular flexibility index (Phi) is 6.69. The molecule has 1 aliphatic rings. The summed E-state index contributed by atoms with van der Waals surface area (Å²) in [7, 11) is 1.50. The number of nitrogens with one attached hydrogen (secondary N) is 2. The number of aliphatic hydroxyl groups is 1. The number of carbonyl (C=O) groups excluding carboxylic acids is 1. The molecule has 33 heavy (non-hydrogen) atoms. The smallest absolute Gasteiger partial charge is 0.261 e. The monoisotopic (exact) mass is 454 g/mol. The molecule has 174 valence electrons. The number of aliphatic hydroxyl groups excluding tert-OH is 1. The molecule has 0 fully saturated rings. The van der Waals surface area contributed by atoms with Gasteiger partial charge in [0.05, 0.1) is 25.3 Å². The van der Waals surface area contributed by atoms with Crippen LogP contribution in [0.1, 0.15) is 35.7 Å². The number of H-pyrrole nitrogens is 1. The molecule has 0 radical (unpaired) electrons. The number of aromatic nitrogens is 1. The summed E-state index contributed by atoms with van der Waals surface area (Å²) < 4.78 is 21.8. The fourth-order valence-electron chi connectivity index (χ4n) is 3.53. The Morgan fingerprint density at radius 2 is 2.03 bits per heavy atom. The number of rotatable bonds is 9. The highest BCUT2D eigenvalue weighted by atomic mass is 16.7. The highest BCUT2D eigenvalue weighted by Gasteiger charge is 2.18. The van der Waals surface area contributed by atoms with Crippen molar-refractivity contribution in [2.24, 2.45) is 0 Å².